The molecule has 8 nitrogen and oxygen atoms in total. The molecule has 0 saturated heterocycles. The Balaban J connectivity index is 1.58. The molecule has 2 aromatic heterocycles. The lowest BCUT2D eigenvalue weighted by molar-refractivity contribution is 0.102. The molecule has 0 saturated carbocycles. The van der Waals surface area contributed by atoms with Crippen molar-refractivity contribution in [1.82, 2.24) is 15.0 Å². The number of amides is 1. The summed E-state index contributed by atoms with van der Waals surface area (Å²) in [5, 5.41) is 2.42. The highest BCUT2D eigenvalue weighted by molar-refractivity contribution is 7.90. The number of nitrogens with zero attached hydrogens (tertiary/aromatic N) is 3. The van der Waals surface area contributed by atoms with Crippen molar-refractivity contribution in [2.75, 3.05) is 11.9 Å². The van der Waals surface area contributed by atoms with Gasteiger partial charge in [0.1, 0.15) is 5.75 Å². The van der Waals surface area contributed by atoms with Gasteiger partial charge in [0.15, 0.2) is 10.8 Å². The van der Waals surface area contributed by atoms with Gasteiger partial charge in [-0.3, -0.25) is 10.1 Å². The lowest BCUT2D eigenvalue weighted by Gasteiger charge is -2.07. The van der Waals surface area contributed by atoms with E-state index in [4.69, 9.17) is 16.3 Å². The number of nitrogens with one attached hydrogen (secondary N) is 1. The number of sulfone groups is 1. The van der Waals surface area contributed by atoms with Gasteiger partial charge in [-0.15, -0.1) is 0 Å². The molecule has 170 valence electrons. The molecule has 2 aromatic carbocycles. The van der Waals surface area contributed by atoms with Gasteiger partial charge in [0.2, 0.25) is 15.0 Å². The van der Waals surface area contributed by atoms with Crippen molar-refractivity contribution >= 4 is 54.0 Å². The number of carbonyl (C=O) groups excluding carboxylic acids is 1. The van der Waals surface area contributed by atoms with Crippen LogP contribution in [0.3, 0.4) is 0 Å². The van der Waals surface area contributed by atoms with Gasteiger partial charge in [0, 0.05) is 0 Å². The number of hydrogen-bond acceptors (Lipinski definition) is 8. The number of carbonyl (C=O) groups is 1. The van der Waals surface area contributed by atoms with Crippen molar-refractivity contribution in [3.63, 3.8) is 0 Å². The molecule has 0 aliphatic heterocycles. The molecule has 0 unspecified atom stereocenters. The predicted octanol–water partition coefficient (Wildman–Crippen LogP) is 4.67. The Morgan fingerprint density at radius 2 is 2.00 bits per heavy atom. The second kappa shape index (κ2) is 9.42. The van der Waals surface area contributed by atoms with Crippen LogP contribution in [0.15, 0.2) is 53.8 Å². The van der Waals surface area contributed by atoms with Crippen molar-refractivity contribution in [3.8, 4) is 5.75 Å². The summed E-state index contributed by atoms with van der Waals surface area (Å²) in [7, 11) is -3.89. The molecular formula is C22H19ClN4O4S2. The van der Waals surface area contributed by atoms with Crippen LogP contribution >= 0.6 is 22.9 Å². The smallest absolute Gasteiger partial charge is 0.277 e. The van der Waals surface area contributed by atoms with E-state index in [9.17, 15) is 13.2 Å². The molecule has 0 spiro atoms. The van der Waals surface area contributed by atoms with E-state index in [0.29, 0.717) is 28.6 Å². The van der Waals surface area contributed by atoms with Gasteiger partial charge in [0.25, 0.3) is 5.91 Å². The quantitative estimate of drug-likeness (QED) is 0.365. The fraction of sp³-hybridized carbons (Fsp3) is 0.182. The van der Waals surface area contributed by atoms with Crippen LogP contribution in [0.2, 0.25) is 5.02 Å². The Bertz CT molecular complexity index is 1450. The summed E-state index contributed by atoms with van der Waals surface area (Å²) in [6, 6.07) is 12.5. The summed E-state index contributed by atoms with van der Waals surface area (Å²) in [6.45, 7) is 4.30. The maximum Gasteiger partial charge on any atom is 0.277 e. The van der Waals surface area contributed by atoms with Crippen LogP contribution in [-0.4, -0.2) is 35.9 Å². The molecule has 0 fully saturated rings. The molecule has 4 aromatic rings. The summed E-state index contributed by atoms with van der Waals surface area (Å²) in [5.74, 6) is -0.274. The number of ether oxygens (including phenoxy) is 1. The molecule has 4 rings (SSSR count). The molecule has 1 amide bonds. The van der Waals surface area contributed by atoms with Gasteiger partial charge in [-0.25, -0.2) is 23.4 Å². The van der Waals surface area contributed by atoms with Gasteiger partial charge < -0.3 is 4.74 Å². The normalized spacial score (nSPS) is 11.5. The molecule has 0 aliphatic carbocycles. The fourth-order valence-corrected chi connectivity index (χ4v) is 5.37. The van der Waals surface area contributed by atoms with E-state index < -0.39 is 20.9 Å². The Morgan fingerprint density at radius 1 is 1.18 bits per heavy atom. The number of aryl methyl sites for hydroxylation is 1. The number of aromatic nitrogens is 3. The minimum atomic E-state index is -3.89. The monoisotopic (exact) mass is 502 g/mol. The molecule has 0 aliphatic rings. The Kier molecular flexibility index (Phi) is 6.59. The first kappa shape index (κ1) is 23.1. The summed E-state index contributed by atoms with van der Waals surface area (Å²) in [6.07, 6.45) is 1.11. The number of rotatable bonds is 7. The molecule has 2 heterocycles. The third kappa shape index (κ3) is 5.29. The van der Waals surface area contributed by atoms with Crippen molar-refractivity contribution in [1.29, 1.82) is 0 Å². The number of fused-ring (bicyclic) bond motifs is 1. The van der Waals surface area contributed by atoms with Crippen LogP contribution < -0.4 is 10.1 Å². The van der Waals surface area contributed by atoms with Crippen molar-refractivity contribution in [2.45, 2.75) is 24.8 Å². The molecular weight excluding hydrogens is 484 g/mol. The lowest BCUT2D eigenvalue weighted by Crippen LogP contribution is -2.18. The van der Waals surface area contributed by atoms with E-state index in [-0.39, 0.29) is 16.5 Å². The first-order valence-corrected chi connectivity index (χ1v) is 12.8. The van der Waals surface area contributed by atoms with Crippen molar-refractivity contribution < 1.29 is 17.9 Å². The Morgan fingerprint density at radius 3 is 2.76 bits per heavy atom. The Labute approximate surface area is 199 Å². The van der Waals surface area contributed by atoms with E-state index in [0.717, 1.165) is 16.5 Å². The van der Waals surface area contributed by atoms with Crippen LogP contribution in [0, 0.1) is 6.92 Å². The molecule has 1 N–H and O–H groups in total. The second-order valence-electron chi connectivity index (χ2n) is 7.13. The van der Waals surface area contributed by atoms with E-state index in [1.807, 2.05) is 26.0 Å². The summed E-state index contributed by atoms with van der Waals surface area (Å²) < 4.78 is 32.0. The largest absolute Gasteiger partial charge is 0.494 e. The maximum absolute atomic E-state index is 12.8. The van der Waals surface area contributed by atoms with Gasteiger partial charge in [-0.1, -0.05) is 52.8 Å². The van der Waals surface area contributed by atoms with Crippen LogP contribution in [0.4, 0.5) is 5.13 Å². The van der Waals surface area contributed by atoms with Gasteiger partial charge in [0.05, 0.1) is 33.8 Å². The van der Waals surface area contributed by atoms with E-state index in [1.54, 1.807) is 30.3 Å². The van der Waals surface area contributed by atoms with Crippen LogP contribution in [0.25, 0.3) is 10.2 Å². The minimum absolute atomic E-state index is 0.0678. The number of hydrogen-bond donors (Lipinski definition) is 1. The third-order valence-corrected chi connectivity index (χ3v) is 7.22. The second-order valence-corrected chi connectivity index (χ2v) is 10.5. The maximum atomic E-state index is 12.8. The number of thiazole rings is 1. The van der Waals surface area contributed by atoms with Crippen LogP contribution in [0.1, 0.15) is 28.5 Å². The van der Waals surface area contributed by atoms with Gasteiger partial charge in [-0.05, 0) is 37.6 Å². The molecule has 0 atom stereocenters. The third-order valence-electron chi connectivity index (χ3n) is 4.55. The van der Waals surface area contributed by atoms with Crippen LogP contribution in [0.5, 0.6) is 5.75 Å². The zero-order valence-electron chi connectivity index (χ0n) is 17.7. The average Bonchev–Trinajstić information content (AvgIpc) is 3.15. The van der Waals surface area contributed by atoms with Gasteiger partial charge in [-0.2, -0.15) is 0 Å². The lowest BCUT2D eigenvalue weighted by atomic mass is 10.2. The molecule has 0 bridgehead atoms. The average molecular weight is 503 g/mol. The Hall–Kier alpha value is -3.08. The van der Waals surface area contributed by atoms with E-state index >= 15 is 0 Å². The highest BCUT2D eigenvalue weighted by Gasteiger charge is 2.23. The first-order chi connectivity index (χ1) is 15.7. The van der Waals surface area contributed by atoms with Crippen molar-refractivity contribution in [3.05, 3.63) is 70.5 Å². The zero-order chi connectivity index (χ0) is 23.6. The van der Waals surface area contributed by atoms with E-state index in [1.165, 1.54) is 11.3 Å². The molecule has 0 radical (unpaired) electrons. The van der Waals surface area contributed by atoms with Crippen LogP contribution in [-0.2, 0) is 15.6 Å². The summed E-state index contributed by atoms with van der Waals surface area (Å²) in [4.78, 5) is 25.0. The number of benzene rings is 2. The number of halogens is 1. The first-order valence-electron chi connectivity index (χ1n) is 9.91. The summed E-state index contributed by atoms with van der Waals surface area (Å²) in [5.41, 5.74) is 1.97. The highest BCUT2D eigenvalue weighted by Crippen LogP contribution is 2.30. The van der Waals surface area contributed by atoms with Crippen molar-refractivity contribution in [2.24, 2.45) is 0 Å². The highest BCUT2D eigenvalue weighted by atomic mass is 35.5. The molecule has 33 heavy (non-hydrogen) atoms. The minimum Gasteiger partial charge on any atom is -0.494 e. The molecule has 11 heteroatoms. The zero-order valence-corrected chi connectivity index (χ0v) is 20.1. The predicted molar refractivity (Wildman–Crippen MR) is 128 cm³/mol. The SMILES string of the molecule is CCOc1ccc2nc(NC(=O)c3nc(S(=O)(=O)Cc4cccc(C)c4)ncc3Cl)sc2c1. The fourth-order valence-electron chi connectivity index (χ4n) is 3.12. The van der Waals surface area contributed by atoms with Gasteiger partial charge >= 0.3 is 0 Å². The topological polar surface area (TPSA) is 111 Å². The van der Waals surface area contributed by atoms with E-state index in [2.05, 4.69) is 20.3 Å². The number of anilines is 1. The standard InChI is InChI=1S/C22H19ClN4O4S2/c1-3-31-15-7-8-17-18(10-15)32-21(25-17)27-20(28)19-16(23)11-24-22(26-19)33(29,30)12-14-6-4-5-13(2)9-14/h4-11H,3,12H2,1-2H3,(H,25,27,28). The summed E-state index contributed by atoms with van der Waals surface area (Å²) >= 11 is 7.36.